The molecule has 1 aliphatic heterocycles. The normalized spacial score (nSPS) is 29.9. The highest BCUT2D eigenvalue weighted by Crippen LogP contribution is 2.23. The Morgan fingerprint density at radius 2 is 2.06 bits per heavy atom. The fourth-order valence-electron chi connectivity index (χ4n) is 2.98. The van der Waals surface area contributed by atoms with E-state index in [4.69, 9.17) is 0 Å². The van der Waals surface area contributed by atoms with Gasteiger partial charge in [-0.25, -0.2) is 0 Å². The molecule has 1 N–H and O–H groups in total. The molecule has 0 aromatic heterocycles. The number of carbonyl (C=O) groups excluding carboxylic acids is 1. The molecule has 2 rings (SSSR count). The molecule has 3 nitrogen and oxygen atoms in total. The first-order chi connectivity index (χ1) is 8.25. The monoisotopic (exact) mass is 238 g/mol. The van der Waals surface area contributed by atoms with Gasteiger partial charge in [0.05, 0.1) is 0 Å². The second-order valence-corrected chi connectivity index (χ2v) is 5.75. The summed E-state index contributed by atoms with van der Waals surface area (Å²) in [5.74, 6) is 1.28. The van der Waals surface area contributed by atoms with Crippen molar-refractivity contribution >= 4 is 5.91 Å². The zero-order valence-corrected chi connectivity index (χ0v) is 11.1. The van der Waals surface area contributed by atoms with Crippen LogP contribution in [0.4, 0.5) is 0 Å². The summed E-state index contributed by atoms with van der Waals surface area (Å²) in [5, 5.41) is 3.64. The number of likely N-dealkylation sites (tertiary alicyclic amines) is 1. The molecule has 0 unspecified atom stereocenters. The maximum atomic E-state index is 11.4. The third-order valence-electron chi connectivity index (χ3n) is 4.23. The molecule has 0 aromatic rings. The first kappa shape index (κ1) is 12.9. The largest absolute Gasteiger partial charge is 0.343 e. The van der Waals surface area contributed by atoms with Crippen LogP contribution < -0.4 is 5.32 Å². The molecule has 0 aromatic carbocycles. The minimum absolute atomic E-state index is 0.358. The van der Waals surface area contributed by atoms with Gasteiger partial charge in [-0.2, -0.15) is 0 Å². The lowest BCUT2D eigenvalue weighted by Gasteiger charge is -2.27. The van der Waals surface area contributed by atoms with Crippen molar-refractivity contribution in [1.82, 2.24) is 10.2 Å². The second-order valence-electron chi connectivity index (χ2n) is 5.75. The Bertz CT molecular complexity index is 247. The van der Waals surface area contributed by atoms with E-state index in [1.165, 1.54) is 25.7 Å². The van der Waals surface area contributed by atoms with Crippen molar-refractivity contribution in [2.75, 3.05) is 19.6 Å². The summed E-state index contributed by atoms with van der Waals surface area (Å²) in [6, 6.07) is 0.737. The fraction of sp³-hybridized carbons (Fsp3) is 0.929. The molecule has 1 aliphatic carbocycles. The second kappa shape index (κ2) is 6.39. The molecule has 1 heterocycles. The molecule has 2 aliphatic rings. The van der Waals surface area contributed by atoms with Gasteiger partial charge in [-0.1, -0.05) is 6.92 Å². The molecule has 1 saturated heterocycles. The third kappa shape index (κ3) is 3.98. The van der Waals surface area contributed by atoms with E-state index in [9.17, 15) is 4.79 Å². The minimum atomic E-state index is 0.358. The molecule has 0 bridgehead atoms. The van der Waals surface area contributed by atoms with Crippen molar-refractivity contribution in [3.8, 4) is 0 Å². The number of rotatable bonds is 5. The summed E-state index contributed by atoms with van der Waals surface area (Å²) in [7, 11) is 0. The van der Waals surface area contributed by atoms with Gasteiger partial charge in [0.15, 0.2) is 0 Å². The highest BCUT2D eigenvalue weighted by molar-refractivity contribution is 5.77. The molecule has 2 fully saturated rings. The average molecular weight is 238 g/mol. The molecule has 0 atom stereocenters. The SMILES string of the molecule is CC1CCC(NCCCN2CCCC2=O)CC1. The predicted molar refractivity (Wildman–Crippen MR) is 69.9 cm³/mol. The summed E-state index contributed by atoms with van der Waals surface area (Å²) in [4.78, 5) is 13.4. The van der Waals surface area contributed by atoms with E-state index in [1.54, 1.807) is 0 Å². The molecule has 1 amide bonds. The number of hydrogen-bond acceptors (Lipinski definition) is 2. The Balaban J connectivity index is 1.52. The van der Waals surface area contributed by atoms with Gasteiger partial charge in [-0.05, 0) is 51.0 Å². The van der Waals surface area contributed by atoms with Crippen LogP contribution >= 0.6 is 0 Å². The number of nitrogens with one attached hydrogen (secondary N) is 1. The molecule has 98 valence electrons. The first-order valence-corrected chi connectivity index (χ1v) is 7.27. The quantitative estimate of drug-likeness (QED) is 0.745. The van der Waals surface area contributed by atoms with Crippen molar-refractivity contribution < 1.29 is 4.79 Å². The minimum Gasteiger partial charge on any atom is -0.343 e. The van der Waals surface area contributed by atoms with E-state index in [2.05, 4.69) is 12.2 Å². The Morgan fingerprint density at radius 3 is 2.71 bits per heavy atom. The number of amides is 1. The van der Waals surface area contributed by atoms with E-state index >= 15 is 0 Å². The van der Waals surface area contributed by atoms with Crippen molar-refractivity contribution in [3.05, 3.63) is 0 Å². The van der Waals surface area contributed by atoms with Gasteiger partial charge >= 0.3 is 0 Å². The molecule has 17 heavy (non-hydrogen) atoms. The van der Waals surface area contributed by atoms with Crippen LogP contribution in [0.15, 0.2) is 0 Å². The average Bonchev–Trinajstić information content (AvgIpc) is 2.73. The Labute approximate surface area is 105 Å². The molecule has 3 heteroatoms. The standard InChI is InChI=1S/C14H26N2O/c1-12-5-7-13(8-6-12)15-9-3-11-16-10-2-4-14(16)17/h12-13,15H,2-11H2,1H3. The van der Waals surface area contributed by atoms with Crippen LogP contribution in [0.3, 0.4) is 0 Å². The van der Waals surface area contributed by atoms with Gasteiger partial charge < -0.3 is 10.2 Å². The van der Waals surface area contributed by atoms with Gasteiger partial charge in [0, 0.05) is 25.6 Å². The molecule has 0 radical (unpaired) electrons. The molecule has 0 spiro atoms. The number of hydrogen-bond donors (Lipinski definition) is 1. The Kier molecular flexibility index (Phi) is 4.84. The van der Waals surface area contributed by atoms with Crippen LogP contribution in [-0.4, -0.2) is 36.5 Å². The van der Waals surface area contributed by atoms with Crippen molar-refractivity contribution in [3.63, 3.8) is 0 Å². The van der Waals surface area contributed by atoms with Crippen LogP contribution in [0.25, 0.3) is 0 Å². The lowest BCUT2D eigenvalue weighted by Crippen LogP contribution is -2.35. The Morgan fingerprint density at radius 1 is 1.29 bits per heavy atom. The van der Waals surface area contributed by atoms with Gasteiger partial charge in [-0.3, -0.25) is 4.79 Å². The van der Waals surface area contributed by atoms with Gasteiger partial charge in [-0.15, -0.1) is 0 Å². The van der Waals surface area contributed by atoms with Crippen molar-refractivity contribution in [1.29, 1.82) is 0 Å². The fourth-order valence-corrected chi connectivity index (χ4v) is 2.98. The number of carbonyl (C=O) groups is 1. The highest BCUT2D eigenvalue weighted by Gasteiger charge is 2.20. The third-order valence-corrected chi connectivity index (χ3v) is 4.23. The highest BCUT2D eigenvalue weighted by atomic mass is 16.2. The molecule has 1 saturated carbocycles. The maximum absolute atomic E-state index is 11.4. The maximum Gasteiger partial charge on any atom is 0.222 e. The van der Waals surface area contributed by atoms with E-state index in [1.807, 2.05) is 4.90 Å². The summed E-state index contributed by atoms with van der Waals surface area (Å²) in [6.07, 6.45) is 8.37. The van der Waals surface area contributed by atoms with Gasteiger partial charge in [0.1, 0.15) is 0 Å². The van der Waals surface area contributed by atoms with E-state index in [0.717, 1.165) is 50.9 Å². The first-order valence-electron chi connectivity index (χ1n) is 7.27. The van der Waals surface area contributed by atoms with Crippen molar-refractivity contribution in [2.45, 2.75) is 57.9 Å². The summed E-state index contributed by atoms with van der Waals surface area (Å²) in [5.41, 5.74) is 0. The zero-order valence-electron chi connectivity index (χ0n) is 11.1. The van der Waals surface area contributed by atoms with Gasteiger partial charge in [0.2, 0.25) is 5.91 Å². The lowest BCUT2D eigenvalue weighted by molar-refractivity contribution is -0.127. The lowest BCUT2D eigenvalue weighted by atomic mass is 9.87. The van der Waals surface area contributed by atoms with Gasteiger partial charge in [0.25, 0.3) is 0 Å². The van der Waals surface area contributed by atoms with Crippen LogP contribution in [-0.2, 0) is 4.79 Å². The van der Waals surface area contributed by atoms with Crippen LogP contribution in [0.1, 0.15) is 51.9 Å². The predicted octanol–water partition coefficient (Wildman–Crippen LogP) is 2.17. The summed E-state index contributed by atoms with van der Waals surface area (Å²) >= 11 is 0. The summed E-state index contributed by atoms with van der Waals surface area (Å²) < 4.78 is 0. The van der Waals surface area contributed by atoms with E-state index in [-0.39, 0.29) is 0 Å². The van der Waals surface area contributed by atoms with Crippen LogP contribution in [0.5, 0.6) is 0 Å². The molecular formula is C14H26N2O. The summed E-state index contributed by atoms with van der Waals surface area (Å²) in [6.45, 7) is 5.37. The van der Waals surface area contributed by atoms with Crippen LogP contribution in [0.2, 0.25) is 0 Å². The zero-order chi connectivity index (χ0) is 12.1. The van der Waals surface area contributed by atoms with E-state index < -0.39 is 0 Å². The smallest absolute Gasteiger partial charge is 0.222 e. The van der Waals surface area contributed by atoms with E-state index in [0.29, 0.717) is 5.91 Å². The molecular weight excluding hydrogens is 212 g/mol. The van der Waals surface area contributed by atoms with Crippen LogP contribution in [0, 0.1) is 5.92 Å². The van der Waals surface area contributed by atoms with Crippen molar-refractivity contribution in [2.24, 2.45) is 5.92 Å². The number of nitrogens with zero attached hydrogens (tertiary/aromatic N) is 1. The Hall–Kier alpha value is -0.570. The topological polar surface area (TPSA) is 32.3 Å².